The second kappa shape index (κ2) is 8.10. The van der Waals surface area contributed by atoms with Crippen molar-refractivity contribution in [2.45, 2.75) is 31.7 Å². The summed E-state index contributed by atoms with van der Waals surface area (Å²) in [4.78, 5) is 4.41. The van der Waals surface area contributed by atoms with E-state index in [1.54, 1.807) is 50.6 Å². The lowest BCUT2D eigenvalue weighted by Crippen LogP contribution is -2.32. The summed E-state index contributed by atoms with van der Waals surface area (Å²) in [5, 5.41) is 8.88. The predicted molar refractivity (Wildman–Crippen MR) is 94.5 cm³/mol. The number of hydrogen-bond donors (Lipinski definition) is 0. The number of benzene rings is 1. The Bertz CT molecular complexity index is 874. The fourth-order valence-corrected chi connectivity index (χ4v) is 4.23. The monoisotopic (exact) mass is 359 g/mol. The third-order valence-corrected chi connectivity index (χ3v) is 6.05. The van der Waals surface area contributed by atoms with Crippen molar-refractivity contribution in [3.8, 4) is 11.8 Å². The molecule has 2 aromatic rings. The van der Waals surface area contributed by atoms with Crippen LogP contribution in [-0.4, -0.2) is 31.4 Å². The van der Waals surface area contributed by atoms with E-state index in [4.69, 9.17) is 10.00 Å². The van der Waals surface area contributed by atoms with E-state index in [-0.39, 0.29) is 24.4 Å². The third-order valence-electron chi connectivity index (χ3n) is 4.06. The van der Waals surface area contributed by atoms with Gasteiger partial charge in [0.25, 0.3) is 0 Å². The molecule has 1 aromatic heterocycles. The zero-order valence-electron chi connectivity index (χ0n) is 14.6. The lowest BCUT2D eigenvalue weighted by atomic mass is 10.1. The third kappa shape index (κ3) is 4.16. The van der Waals surface area contributed by atoms with Crippen LogP contribution < -0.4 is 4.74 Å². The van der Waals surface area contributed by atoms with Gasteiger partial charge in [0, 0.05) is 19.2 Å². The van der Waals surface area contributed by atoms with Gasteiger partial charge in [-0.3, -0.25) is 4.98 Å². The van der Waals surface area contributed by atoms with E-state index in [0.29, 0.717) is 17.0 Å². The minimum atomic E-state index is -3.76. The molecule has 0 saturated heterocycles. The van der Waals surface area contributed by atoms with Crippen LogP contribution in [0.1, 0.15) is 23.2 Å². The molecule has 0 amide bonds. The molecule has 0 bridgehead atoms. The molecule has 0 aliphatic carbocycles. The number of methoxy groups -OCH3 is 1. The van der Waals surface area contributed by atoms with Crippen LogP contribution in [0.15, 0.2) is 41.4 Å². The quantitative estimate of drug-likeness (QED) is 0.759. The fraction of sp³-hybridized carbons (Fsp3) is 0.333. The van der Waals surface area contributed by atoms with Crippen molar-refractivity contribution in [2.75, 3.05) is 13.7 Å². The molecule has 0 N–H and O–H groups in total. The van der Waals surface area contributed by atoms with Crippen LogP contribution in [0.2, 0.25) is 0 Å². The Labute approximate surface area is 148 Å². The number of sulfonamides is 1. The summed E-state index contributed by atoms with van der Waals surface area (Å²) in [7, 11) is -2.21. The van der Waals surface area contributed by atoms with Gasteiger partial charge in [0.05, 0.1) is 30.3 Å². The molecule has 1 aromatic carbocycles. The van der Waals surface area contributed by atoms with Crippen LogP contribution in [0.5, 0.6) is 5.75 Å². The first-order chi connectivity index (χ1) is 11.9. The van der Waals surface area contributed by atoms with Crippen molar-refractivity contribution in [3.05, 3.63) is 53.3 Å². The number of nitriles is 1. The molecule has 0 aliphatic rings. The van der Waals surface area contributed by atoms with Gasteiger partial charge in [0.2, 0.25) is 10.0 Å². The number of aromatic nitrogens is 1. The summed E-state index contributed by atoms with van der Waals surface area (Å²) in [6, 6.07) is 10.5. The highest BCUT2D eigenvalue weighted by Crippen LogP contribution is 2.29. The molecule has 0 aliphatic heterocycles. The second-order valence-electron chi connectivity index (χ2n) is 5.58. The summed E-state index contributed by atoms with van der Waals surface area (Å²) in [6.07, 6.45) is 1.73. The molecule has 0 fully saturated rings. The van der Waals surface area contributed by atoms with Crippen molar-refractivity contribution in [1.29, 1.82) is 5.26 Å². The predicted octanol–water partition coefficient (Wildman–Crippen LogP) is 2.81. The first-order valence-electron chi connectivity index (χ1n) is 7.83. The Kier molecular flexibility index (Phi) is 6.12. The Hall–Kier alpha value is -2.43. The Morgan fingerprint density at radius 3 is 2.56 bits per heavy atom. The SMILES string of the molecule is COc1ccc(S(=O)(=O)N(CCC#N)Cc2ccccn2)c(C)c1C. The molecule has 0 spiro atoms. The van der Waals surface area contributed by atoms with Gasteiger partial charge in [0.15, 0.2) is 0 Å². The molecule has 7 heteroatoms. The lowest BCUT2D eigenvalue weighted by Gasteiger charge is -2.23. The number of rotatable bonds is 7. The summed E-state index contributed by atoms with van der Waals surface area (Å²) in [5.41, 5.74) is 2.05. The maximum Gasteiger partial charge on any atom is 0.243 e. The maximum absolute atomic E-state index is 13.2. The molecule has 6 nitrogen and oxygen atoms in total. The molecular formula is C18H21N3O3S. The van der Waals surface area contributed by atoms with Crippen molar-refractivity contribution >= 4 is 10.0 Å². The molecule has 0 saturated carbocycles. The van der Waals surface area contributed by atoms with Crippen LogP contribution >= 0.6 is 0 Å². The highest BCUT2D eigenvalue weighted by Gasteiger charge is 2.27. The van der Waals surface area contributed by atoms with Crippen LogP contribution in [0.4, 0.5) is 0 Å². The number of hydrogen-bond acceptors (Lipinski definition) is 5. The summed E-state index contributed by atoms with van der Waals surface area (Å²) >= 11 is 0. The Morgan fingerprint density at radius 2 is 1.96 bits per heavy atom. The zero-order chi connectivity index (χ0) is 18.4. The van der Waals surface area contributed by atoms with Crippen molar-refractivity contribution in [2.24, 2.45) is 0 Å². The summed E-state index contributed by atoms with van der Waals surface area (Å²) < 4.78 is 32.9. The number of ether oxygens (including phenoxy) is 1. The average Bonchev–Trinajstić information content (AvgIpc) is 2.61. The van der Waals surface area contributed by atoms with Crippen LogP contribution in [0.25, 0.3) is 0 Å². The highest BCUT2D eigenvalue weighted by atomic mass is 32.2. The molecular weight excluding hydrogens is 338 g/mol. The highest BCUT2D eigenvalue weighted by molar-refractivity contribution is 7.89. The van der Waals surface area contributed by atoms with Gasteiger partial charge < -0.3 is 4.74 Å². The van der Waals surface area contributed by atoms with Crippen LogP contribution in [-0.2, 0) is 16.6 Å². The van der Waals surface area contributed by atoms with Crippen LogP contribution in [0.3, 0.4) is 0 Å². The number of nitrogens with zero attached hydrogens (tertiary/aromatic N) is 3. The molecule has 132 valence electrons. The Balaban J connectivity index is 2.45. The lowest BCUT2D eigenvalue weighted by molar-refractivity contribution is 0.405. The van der Waals surface area contributed by atoms with Crippen LogP contribution in [0, 0.1) is 25.2 Å². The van der Waals surface area contributed by atoms with Gasteiger partial charge in [-0.15, -0.1) is 0 Å². The molecule has 0 radical (unpaired) electrons. The average molecular weight is 359 g/mol. The van der Waals surface area contributed by atoms with Gasteiger partial charge in [-0.1, -0.05) is 6.07 Å². The topological polar surface area (TPSA) is 83.3 Å². The van der Waals surface area contributed by atoms with Gasteiger partial charge in [0.1, 0.15) is 5.75 Å². The minimum absolute atomic E-state index is 0.111. The van der Waals surface area contributed by atoms with E-state index >= 15 is 0 Å². The van der Waals surface area contributed by atoms with E-state index in [1.165, 1.54) is 4.31 Å². The zero-order valence-corrected chi connectivity index (χ0v) is 15.4. The fourth-order valence-electron chi connectivity index (χ4n) is 2.54. The van der Waals surface area contributed by atoms with Gasteiger partial charge in [-0.25, -0.2) is 8.42 Å². The van der Waals surface area contributed by atoms with E-state index in [2.05, 4.69) is 4.98 Å². The Morgan fingerprint density at radius 1 is 1.20 bits per heavy atom. The first kappa shape index (κ1) is 18.9. The second-order valence-corrected chi connectivity index (χ2v) is 7.49. The summed E-state index contributed by atoms with van der Waals surface area (Å²) in [5.74, 6) is 0.643. The molecule has 0 atom stereocenters. The first-order valence-corrected chi connectivity index (χ1v) is 9.27. The molecule has 0 unspecified atom stereocenters. The van der Waals surface area contributed by atoms with Gasteiger partial charge in [-0.05, 0) is 49.2 Å². The minimum Gasteiger partial charge on any atom is -0.496 e. The smallest absolute Gasteiger partial charge is 0.243 e. The molecule has 25 heavy (non-hydrogen) atoms. The van der Waals surface area contributed by atoms with Gasteiger partial charge >= 0.3 is 0 Å². The van der Waals surface area contributed by atoms with Gasteiger partial charge in [-0.2, -0.15) is 9.57 Å². The maximum atomic E-state index is 13.2. The summed E-state index contributed by atoms with van der Waals surface area (Å²) in [6.45, 7) is 3.81. The largest absolute Gasteiger partial charge is 0.496 e. The van der Waals surface area contributed by atoms with E-state index in [0.717, 1.165) is 5.56 Å². The van der Waals surface area contributed by atoms with Crippen molar-refractivity contribution < 1.29 is 13.2 Å². The van der Waals surface area contributed by atoms with Crippen molar-refractivity contribution in [3.63, 3.8) is 0 Å². The standard InChI is InChI=1S/C18H21N3O3S/c1-14-15(2)18(9-8-17(14)24-3)25(22,23)21(12-6-10-19)13-16-7-4-5-11-20-16/h4-5,7-9,11H,6,12-13H2,1-3H3. The molecule has 2 rings (SSSR count). The van der Waals surface area contributed by atoms with E-state index in [9.17, 15) is 8.42 Å². The van der Waals surface area contributed by atoms with E-state index in [1.807, 2.05) is 13.0 Å². The number of pyridine rings is 1. The normalized spacial score (nSPS) is 11.3. The van der Waals surface area contributed by atoms with E-state index < -0.39 is 10.0 Å². The van der Waals surface area contributed by atoms with Crippen molar-refractivity contribution in [1.82, 2.24) is 9.29 Å². The molecule has 1 heterocycles.